The Morgan fingerprint density at radius 1 is 1.05 bits per heavy atom. The molecule has 10 heteroatoms. The maximum atomic E-state index is 12.4. The monoisotopic (exact) mass is 540 g/mol. The predicted molar refractivity (Wildman–Crippen MR) is 143 cm³/mol. The minimum atomic E-state index is -3.60. The Morgan fingerprint density at radius 2 is 1.65 bits per heavy atom. The lowest BCUT2D eigenvalue weighted by Gasteiger charge is -2.43. The average Bonchev–Trinajstić information content (AvgIpc) is 2.80. The van der Waals surface area contributed by atoms with Crippen LogP contribution in [0.4, 0.5) is 0 Å². The summed E-state index contributed by atoms with van der Waals surface area (Å²) in [5.41, 5.74) is 3.73. The largest absolute Gasteiger partial charge is 0.483 e. The van der Waals surface area contributed by atoms with E-state index in [0.29, 0.717) is 13.0 Å². The third-order valence-corrected chi connectivity index (χ3v) is 7.85. The van der Waals surface area contributed by atoms with E-state index in [1.807, 2.05) is 13.8 Å². The van der Waals surface area contributed by atoms with Gasteiger partial charge in [0.1, 0.15) is 17.5 Å². The molecule has 0 bridgehead atoms. The number of carboxylic acid groups (broad SMARTS) is 1. The van der Waals surface area contributed by atoms with Gasteiger partial charge in [0.25, 0.3) is 10.2 Å². The van der Waals surface area contributed by atoms with Gasteiger partial charge in [-0.25, -0.2) is 9.86 Å². The smallest absolute Gasteiger partial charge is 0.306 e. The normalized spacial score (nSPS) is 19.2. The van der Waals surface area contributed by atoms with E-state index in [2.05, 4.69) is 24.6 Å². The van der Waals surface area contributed by atoms with Gasteiger partial charge in [0, 0.05) is 18.5 Å². The minimum Gasteiger partial charge on any atom is -0.483 e. The van der Waals surface area contributed by atoms with Crippen LogP contribution in [0, 0.1) is 20.8 Å². The highest BCUT2D eigenvalue weighted by atomic mass is 32.2. The number of ether oxygens (including phenoxy) is 2. The van der Waals surface area contributed by atoms with Crippen molar-refractivity contribution in [2.75, 3.05) is 6.54 Å². The first-order valence-corrected chi connectivity index (χ1v) is 14.8. The van der Waals surface area contributed by atoms with Crippen LogP contribution in [0.1, 0.15) is 99.8 Å². The number of rotatable bonds is 16. The van der Waals surface area contributed by atoms with E-state index >= 15 is 0 Å². The number of aryl methyl sites for hydroxylation is 2. The summed E-state index contributed by atoms with van der Waals surface area (Å²) >= 11 is 0. The number of hydrogen-bond acceptors (Lipinski definition) is 6. The standard InChI is InChI=1S/C27H44N2O7S/c1-19-17-20(2)22-18-23(35-25(32)14-13-24(30)31)27(4,36-26(22)21(19)3)15-11-9-7-5-6-8-10-12-16-29-37(28,33)34/h17,23,29H,5-16,18H2,1-4H3,(H,30,31)(H2,28,33,34)/t23?,27-/m1/s1. The number of aliphatic carboxylic acids is 1. The fourth-order valence-corrected chi connectivity index (χ4v) is 5.31. The number of unbranched alkanes of at least 4 members (excludes halogenated alkanes) is 7. The summed E-state index contributed by atoms with van der Waals surface area (Å²) in [5, 5.41) is 13.8. The zero-order chi connectivity index (χ0) is 27.6. The number of carboxylic acids is 1. The molecular weight excluding hydrogens is 496 g/mol. The maximum absolute atomic E-state index is 12.4. The molecule has 0 spiro atoms. The number of hydrogen-bond donors (Lipinski definition) is 3. The van der Waals surface area contributed by atoms with Crippen LogP contribution in [0.5, 0.6) is 5.75 Å². The molecule has 37 heavy (non-hydrogen) atoms. The quantitative estimate of drug-likeness (QED) is 0.208. The molecular formula is C27H44N2O7S. The van der Waals surface area contributed by atoms with Crippen molar-refractivity contribution in [3.63, 3.8) is 0 Å². The van der Waals surface area contributed by atoms with E-state index in [1.54, 1.807) is 0 Å². The summed E-state index contributed by atoms with van der Waals surface area (Å²) < 4.78 is 36.4. The molecule has 0 saturated carbocycles. The van der Waals surface area contributed by atoms with Gasteiger partial charge in [-0.2, -0.15) is 8.42 Å². The van der Waals surface area contributed by atoms with Crippen LogP contribution in [0.3, 0.4) is 0 Å². The van der Waals surface area contributed by atoms with Gasteiger partial charge in [0.15, 0.2) is 0 Å². The Balaban J connectivity index is 1.89. The summed E-state index contributed by atoms with van der Waals surface area (Å²) in [4.78, 5) is 23.3. The minimum absolute atomic E-state index is 0.154. The van der Waals surface area contributed by atoms with Gasteiger partial charge in [-0.1, -0.05) is 44.6 Å². The summed E-state index contributed by atoms with van der Waals surface area (Å²) in [6.07, 6.45) is 8.44. The number of carbonyl (C=O) groups is 2. The molecule has 1 unspecified atom stereocenters. The van der Waals surface area contributed by atoms with Crippen LogP contribution in [-0.2, 0) is 31.0 Å². The summed E-state index contributed by atoms with van der Waals surface area (Å²) in [7, 11) is -3.60. The summed E-state index contributed by atoms with van der Waals surface area (Å²) in [5.74, 6) is -0.645. The lowest BCUT2D eigenvalue weighted by molar-refractivity contribution is -0.165. The molecule has 1 aliphatic heterocycles. The van der Waals surface area contributed by atoms with E-state index < -0.39 is 33.9 Å². The third-order valence-electron chi connectivity index (χ3n) is 7.24. The van der Waals surface area contributed by atoms with Crippen molar-refractivity contribution in [3.05, 3.63) is 28.3 Å². The molecule has 0 aliphatic carbocycles. The molecule has 1 aliphatic rings. The number of fused-ring (bicyclic) bond motifs is 1. The molecule has 0 saturated heterocycles. The highest BCUT2D eigenvalue weighted by Gasteiger charge is 2.44. The topological polar surface area (TPSA) is 145 Å². The maximum Gasteiger partial charge on any atom is 0.306 e. The van der Waals surface area contributed by atoms with Crippen LogP contribution in [0.25, 0.3) is 0 Å². The Labute approximate surface area is 221 Å². The van der Waals surface area contributed by atoms with E-state index in [4.69, 9.17) is 19.7 Å². The highest BCUT2D eigenvalue weighted by molar-refractivity contribution is 7.87. The van der Waals surface area contributed by atoms with E-state index in [0.717, 1.165) is 85.8 Å². The van der Waals surface area contributed by atoms with Crippen molar-refractivity contribution in [2.24, 2.45) is 5.14 Å². The third kappa shape index (κ3) is 10.2. The van der Waals surface area contributed by atoms with Gasteiger partial charge >= 0.3 is 11.9 Å². The average molecular weight is 541 g/mol. The number of benzene rings is 1. The molecule has 4 N–H and O–H groups in total. The lowest BCUT2D eigenvalue weighted by atomic mass is 9.82. The van der Waals surface area contributed by atoms with Gasteiger partial charge in [0.2, 0.25) is 0 Å². The Morgan fingerprint density at radius 3 is 2.24 bits per heavy atom. The van der Waals surface area contributed by atoms with Gasteiger partial charge in [-0.15, -0.1) is 0 Å². The molecule has 2 rings (SSSR count). The highest BCUT2D eigenvalue weighted by Crippen LogP contribution is 2.42. The SMILES string of the molecule is Cc1cc(C)c2c(c1C)O[C@](C)(CCCCCCCCCCNS(N)(=O)=O)C(OC(=O)CCC(=O)O)C2. The predicted octanol–water partition coefficient (Wildman–Crippen LogP) is 4.39. The van der Waals surface area contributed by atoms with Crippen LogP contribution >= 0.6 is 0 Å². The molecule has 0 fully saturated rings. The molecule has 1 aromatic rings. The summed E-state index contributed by atoms with van der Waals surface area (Å²) in [6.45, 7) is 8.53. The number of nitrogens with one attached hydrogen (secondary N) is 1. The summed E-state index contributed by atoms with van der Waals surface area (Å²) in [6, 6.07) is 2.13. The van der Waals surface area contributed by atoms with Crippen molar-refractivity contribution < 1.29 is 32.6 Å². The first-order chi connectivity index (χ1) is 17.3. The molecule has 0 radical (unpaired) electrons. The first kappa shape index (κ1) is 31.1. The first-order valence-electron chi connectivity index (χ1n) is 13.3. The van der Waals surface area contributed by atoms with Crippen LogP contribution < -0.4 is 14.6 Å². The van der Waals surface area contributed by atoms with Crippen molar-refractivity contribution in [2.45, 2.75) is 116 Å². The van der Waals surface area contributed by atoms with Crippen molar-refractivity contribution in [1.82, 2.24) is 4.72 Å². The molecule has 1 aromatic carbocycles. The van der Waals surface area contributed by atoms with E-state index in [9.17, 15) is 18.0 Å². The fourth-order valence-electron chi connectivity index (χ4n) is 4.88. The zero-order valence-electron chi connectivity index (χ0n) is 22.7. The van der Waals surface area contributed by atoms with Crippen molar-refractivity contribution >= 4 is 22.1 Å². The molecule has 2 atom stereocenters. The van der Waals surface area contributed by atoms with Gasteiger partial charge in [-0.05, 0) is 63.6 Å². The molecule has 210 valence electrons. The molecule has 0 amide bonds. The van der Waals surface area contributed by atoms with Crippen LogP contribution in [0.15, 0.2) is 6.07 Å². The van der Waals surface area contributed by atoms with E-state index in [-0.39, 0.29) is 12.8 Å². The Bertz CT molecular complexity index is 1040. The molecule has 9 nitrogen and oxygen atoms in total. The van der Waals surface area contributed by atoms with Crippen molar-refractivity contribution in [3.8, 4) is 5.75 Å². The molecule has 0 aromatic heterocycles. The number of carbonyl (C=O) groups excluding carboxylic acids is 1. The van der Waals surface area contributed by atoms with E-state index in [1.165, 1.54) is 0 Å². The van der Waals surface area contributed by atoms with Crippen molar-refractivity contribution in [1.29, 1.82) is 0 Å². The van der Waals surface area contributed by atoms with Crippen LogP contribution in [-0.4, -0.2) is 43.7 Å². The second kappa shape index (κ2) is 14.1. The second-order valence-electron chi connectivity index (χ2n) is 10.5. The number of nitrogens with two attached hydrogens (primary N) is 1. The Hall–Kier alpha value is -2.17. The van der Waals surface area contributed by atoms with Gasteiger partial charge in [-0.3, -0.25) is 9.59 Å². The lowest BCUT2D eigenvalue weighted by Crippen LogP contribution is -2.51. The zero-order valence-corrected chi connectivity index (χ0v) is 23.5. The van der Waals surface area contributed by atoms with Gasteiger partial charge < -0.3 is 14.6 Å². The second-order valence-corrected chi connectivity index (χ2v) is 11.8. The molecule has 1 heterocycles. The number of esters is 1. The van der Waals surface area contributed by atoms with Gasteiger partial charge in [0.05, 0.1) is 12.8 Å². The fraction of sp³-hybridized carbons (Fsp3) is 0.704. The van der Waals surface area contributed by atoms with Crippen LogP contribution in [0.2, 0.25) is 0 Å². The Kier molecular flexibility index (Phi) is 11.8.